The minimum absolute atomic E-state index is 0.0325. The van der Waals surface area contributed by atoms with E-state index in [4.69, 9.17) is 54.8 Å². The van der Waals surface area contributed by atoms with E-state index in [9.17, 15) is 8.42 Å². The van der Waals surface area contributed by atoms with Crippen LogP contribution in [0.3, 0.4) is 0 Å². The molecule has 1 heterocycles. The number of rotatable bonds is 23. The van der Waals surface area contributed by atoms with E-state index in [0.717, 1.165) is 28.2 Å². The number of sulfone groups is 1. The zero-order valence-electron chi connectivity index (χ0n) is 30.2. The topological polar surface area (TPSA) is 120 Å². The number of benzene rings is 3. The van der Waals surface area contributed by atoms with Crippen LogP contribution in [0.15, 0.2) is 78.9 Å². The van der Waals surface area contributed by atoms with Gasteiger partial charge in [0.05, 0.1) is 85.2 Å². The van der Waals surface area contributed by atoms with Crippen LogP contribution in [-0.4, -0.2) is 137 Å². The lowest BCUT2D eigenvalue weighted by molar-refractivity contribution is -0.0907. The Morgan fingerprint density at radius 1 is 0.673 bits per heavy atom. The van der Waals surface area contributed by atoms with Crippen LogP contribution in [-0.2, 0) is 48.6 Å². The molecule has 0 unspecified atom stereocenters. The zero-order chi connectivity index (χ0) is 37.1. The van der Waals surface area contributed by atoms with E-state index < -0.39 is 21.5 Å². The normalized spacial score (nSPS) is 14.9. The predicted molar refractivity (Wildman–Crippen MR) is 201 cm³/mol. The number of thiocarbonyl (C=S) groups is 1. The van der Waals surface area contributed by atoms with Crippen molar-refractivity contribution in [3.8, 4) is 11.5 Å². The third-order valence-corrected chi connectivity index (χ3v) is 10.4. The fourth-order valence-corrected chi connectivity index (χ4v) is 7.00. The molecule has 286 valence electrons. The van der Waals surface area contributed by atoms with Crippen LogP contribution in [0, 0.1) is 0 Å². The predicted octanol–water partition coefficient (Wildman–Crippen LogP) is 4.13. The van der Waals surface area contributed by atoms with Crippen molar-refractivity contribution in [1.29, 1.82) is 0 Å². The van der Waals surface area contributed by atoms with Crippen LogP contribution in [0.1, 0.15) is 16.7 Å². The second kappa shape index (κ2) is 22.0. The molecule has 0 aromatic heterocycles. The van der Waals surface area contributed by atoms with Crippen LogP contribution in [0.2, 0.25) is 0 Å². The van der Waals surface area contributed by atoms with Gasteiger partial charge in [-0.3, -0.25) is 0 Å². The highest BCUT2D eigenvalue weighted by Crippen LogP contribution is 2.42. The van der Waals surface area contributed by atoms with Gasteiger partial charge in [0, 0.05) is 20.2 Å². The first-order chi connectivity index (χ1) is 25.3. The van der Waals surface area contributed by atoms with E-state index >= 15 is 0 Å². The molecule has 1 fully saturated rings. The second-order valence-electron chi connectivity index (χ2n) is 11.9. The molecular formula is C38H51NO11S2. The lowest BCUT2D eigenvalue weighted by Gasteiger charge is -2.37. The van der Waals surface area contributed by atoms with Gasteiger partial charge in [-0.25, -0.2) is 8.42 Å². The van der Waals surface area contributed by atoms with Crippen molar-refractivity contribution in [2.75, 3.05) is 112 Å². The molecule has 0 amide bonds. The Morgan fingerprint density at radius 3 is 1.65 bits per heavy atom. The molecule has 3 aromatic rings. The van der Waals surface area contributed by atoms with Crippen molar-refractivity contribution in [2.24, 2.45) is 0 Å². The summed E-state index contributed by atoms with van der Waals surface area (Å²) in [6, 6.07) is 25.6. The molecule has 1 aliphatic heterocycles. The number of methoxy groups -OCH3 is 3. The van der Waals surface area contributed by atoms with Gasteiger partial charge in [-0.15, -0.1) is 0 Å². The molecule has 1 atom stereocenters. The summed E-state index contributed by atoms with van der Waals surface area (Å²) in [5.41, 5.74) is 1.59. The van der Waals surface area contributed by atoms with E-state index in [1.807, 2.05) is 78.9 Å². The fourth-order valence-electron chi connectivity index (χ4n) is 5.54. The summed E-state index contributed by atoms with van der Waals surface area (Å²) in [7, 11) is 1.82. The Kier molecular flexibility index (Phi) is 17.5. The quantitative estimate of drug-likeness (QED) is 0.0784. The van der Waals surface area contributed by atoms with Gasteiger partial charge in [-0.1, -0.05) is 54.6 Å². The van der Waals surface area contributed by atoms with Gasteiger partial charge in [0.25, 0.3) is 5.17 Å². The van der Waals surface area contributed by atoms with Gasteiger partial charge >= 0.3 is 0 Å². The minimum Gasteiger partial charge on any atom is -0.497 e. The van der Waals surface area contributed by atoms with Crippen molar-refractivity contribution in [1.82, 2.24) is 4.90 Å². The average molecular weight is 762 g/mol. The molecule has 0 bridgehead atoms. The van der Waals surface area contributed by atoms with Gasteiger partial charge in [-0.05, 0) is 53.2 Å². The van der Waals surface area contributed by atoms with Gasteiger partial charge in [0.15, 0.2) is 9.84 Å². The Hall–Kier alpha value is -3.34. The van der Waals surface area contributed by atoms with Gasteiger partial charge in [0.1, 0.15) is 29.8 Å². The third kappa shape index (κ3) is 12.7. The molecule has 4 rings (SSSR count). The monoisotopic (exact) mass is 761 g/mol. The number of nitrogens with zero attached hydrogens (tertiary/aromatic N) is 1. The van der Waals surface area contributed by atoms with Crippen molar-refractivity contribution < 1.29 is 51.0 Å². The molecule has 12 nitrogen and oxygen atoms in total. The molecule has 0 aliphatic carbocycles. The molecule has 3 aromatic carbocycles. The molecule has 14 heteroatoms. The molecular weight excluding hydrogens is 711 g/mol. The number of hydrogen-bond donors (Lipinski definition) is 0. The van der Waals surface area contributed by atoms with Crippen LogP contribution in [0.4, 0.5) is 0 Å². The third-order valence-electron chi connectivity index (χ3n) is 8.41. The van der Waals surface area contributed by atoms with E-state index in [2.05, 4.69) is 0 Å². The van der Waals surface area contributed by atoms with Crippen molar-refractivity contribution >= 4 is 27.2 Å². The Balaban J connectivity index is 1.49. The maximum Gasteiger partial charge on any atom is 0.259 e. The molecule has 0 N–H and O–H groups in total. The first kappa shape index (κ1) is 41.4. The summed E-state index contributed by atoms with van der Waals surface area (Å²) in [4.78, 5) is 1.77. The average Bonchev–Trinajstić information content (AvgIpc) is 3.17. The van der Waals surface area contributed by atoms with E-state index in [1.54, 1.807) is 26.2 Å². The summed E-state index contributed by atoms with van der Waals surface area (Å²) in [5.74, 6) is 1.50. The molecule has 0 radical (unpaired) electrons. The first-order valence-electron chi connectivity index (χ1n) is 17.3. The molecule has 0 saturated carbocycles. The summed E-state index contributed by atoms with van der Waals surface area (Å²) in [6.45, 7) is 4.17. The maximum atomic E-state index is 12.0. The van der Waals surface area contributed by atoms with E-state index in [0.29, 0.717) is 46.2 Å². The number of hydrogen-bond acceptors (Lipinski definition) is 12. The largest absolute Gasteiger partial charge is 0.497 e. The Labute approximate surface area is 313 Å². The Morgan fingerprint density at radius 2 is 1.15 bits per heavy atom. The summed E-state index contributed by atoms with van der Waals surface area (Å²) in [5, 5.41) is 0.225. The van der Waals surface area contributed by atoms with Crippen LogP contribution >= 0.6 is 12.2 Å². The summed E-state index contributed by atoms with van der Waals surface area (Å²) in [6.07, 6.45) is -0.574. The second-order valence-corrected chi connectivity index (χ2v) is 14.5. The zero-order valence-corrected chi connectivity index (χ0v) is 31.9. The van der Waals surface area contributed by atoms with Gasteiger partial charge in [0.2, 0.25) is 0 Å². The summed E-state index contributed by atoms with van der Waals surface area (Å²) < 4.78 is 76.0. The van der Waals surface area contributed by atoms with Gasteiger partial charge in [-0.2, -0.15) is 0 Å². The smallest absolute Gasteiger partial charge is 0.259 e. The van der Waals surface area contributed by atoms with Crippen molar-refractivity contribution in [2.45, 2.75) is 11.7 Å². The highest BCUT2D eigenvalue weighted by molar-refractivity contribution is 7.91. The minimum atomic E-state index is -3.07. The van der Waals surface area contributed by atoms with Crippen molar-refractivity contribution in [3.05, 3.63) is 95.6 Å². The molecule has 1 aliphatic rings. The highest BCUT2D eigenvalue weighted by atomic mass is 32.2. The van der Waals surface area contributed by atoms with Crippen LogP contribution < -0.4 is 9.47 Å². The van der Waals surface area contributed by atoms with Gasteiger partial charge < -0.3 is 47.5 Å². The van der Waals surface area contributed by atoms with E-state index in [1.165, 1.54) is 0 Å². The van der Waals surface area contributed by atoms with Crippen LogP contribution in [0.25, 0.3) is 0 Å². The fraction of sp³-hybridized carbons (Fsp3) is 0.500. The highest BCUT2D eigenvalue weighted by Gasteiger charge is 2.39. The molecule has 1 saturated heterocycles. The summed E-state index contributed by atoms with van der Waals surface area (Å²) >= 11 is 5.57. The molecule has 52 heavy (non-hydrogen) atoms. The Bertz CT molecular complexity index is 1500. The SMILES string of the molecule is COCCOCCOCCOCCO[C@@H](COC(=S)N1CCS(=O)(=O)CC1)COC(c1ccccc1)(c1ccc(OC)cc1)c1ccc(OC)cc1. The van der Waals surface area contributed by atoms with Crippen molar-refractivity contribution in [3.63, 3.8) is 0 Å². The standard InChI is InChI=1S/C38H51NO11S2/c1-42-19-20-45-21-22-46-23-24-47-25-26-48-36(29-49-37(51)39-17-27-52(40,41)28-18-39)30-50-38(31-7-5-4-6-8-31,32-9-13-34(43-2)14-10-32)33-11-15-35(44-3)16-12-33/h4-16,36H,17-30H2,1-3H3/t36-/m0/s1. The molecule has 0 spiro atoms. The van der Waals surface area contributed by atoms with E-state index in [-0.39, 0.29) is 49.6 Å². The maximum absolute atomic E-state index is 12.0. The lowest BCUT2D eigenvalue weighted by Crippen LogP contribution is -2.45. The lowest BCUT2D eigenvalue weighted by atomic mass is 9.80. The van der Waals surface area contributed by atoms with Crippen LogP contribution in [0.5, 0.6) is 11.5 Å². The first-order valence-corrected chi connectivity index (χ1v) is 19.5. The number of ether oxygens (including phenoxy) is 9.